The molecular weight excluding hydrogens is 422 g/mol. The molecule has 0 fully saturated rings. The Morgan fingerprint density at radius 1 is 0.545 bits per heavy atom. The summed E-state index contributed by atoms with van der Waals surface area (Å²) < 4.78 is 0.249. The van der Waals surface area contributed by atoms with E-state index in [1.54, 1.807) is 0 Å². The normalized spacial score (nSPS) is 11.8. The van der Waals surface area contributed by atoms with Crippen LogP contribution in [0.3, 0.4) is 0 Å². The number of carbonyl (C=O) groups is 3. The maximum absolute atomic E-state index is 11.1. The zero-order valence-corrected chi connectivity index (χ0v) is 20.8. The topological polar surface area (TPSA) is 112 Å². The van der Waals surface area contributed by atoms with Crippen LogP contribution in [0.4, 0.5) is 0 Å². The van der Waals surface area contributed by atoms with Gasteiger partial charge in [0.05, 0.1) is 45.4 Å². The summed E-state index contributed by atoms with van der Waals surface area (Å²) in [4.78, 5) is 33.3. The van der Waals surface area contributed by atoms with Crippen LogP contribution in [-0.4, -0.2) is 63.9 Å². The minimum atomic E-state index is -0.940. The Kier molecular flexibility index (Phi) is 19.5. The fraction of sp³-hybridized carbons (Fsp3) is 0.808. The second-order valence-electron chi connectivity index (χ2n) is 9.25. The molecule has 0 aromatic carbocycles. The molecular formula is C26H48NO6+. The molecule has 0 aliphatic rings. The first-order chi connectivity index (χ1) is 15.8. The summed E-state index contributed by atoms with van der Waals surface area (Å²) >= 11 is 0. The number of nitrogens with zero attached hydrogens (tertiary/aromatic N) is 1. The van der Waals surface area contributed by atoms with Gasteiger partial charge >= 0.3 is 17.9 Å². The van der Waals surface area contributed by atoms with Crippen molar-refractivity contribution < 1.29 is 34.2 Å². The van der Waals surface area contributed by atoms with Crippen LogP contribution in [0.1, 0.15) is 110 Å². The smallest absolute Gasteiger partial charge is 0.309 e. The van der Waals surface area contributed by atoms with Gasteiger partial charge in [-0.3, -0.25) is 14.4 Å². The summed E-state index contributed by atoms with van der Waals surface area (Å²) in [6.45, 7) is 3.68. The van der Waals surface area contributed by atoms with Crippen molar-refractivity contribution in [3.05, 3.63) is 12.2 Å². The lowest BCUT2D eigenvalue weighted by Crippen LogP contribution is -2.52. The van der Waals surface area contributed by atoms with Gasteiger partial charge in [0.15, 0.2) is 0 Å². The summed E-state index contributed by atoms with van der Waals surface area (Å²) in [7, 11) is 0. The van der Waals surface area contributed by atoms with Crippen LogP contribution in [0.2, 0.25) is 0 Å². The third kappa shape index (κ3) is 20.4. The van der Waals surface area contributed by atoms with E-state index in [1.165, 1.54) is 51.4 Å². The molecule has 0 heterocycles. The standard InChI is InChI=1S/C26H47NO6/c1-2-3-4-5-6-7-8-9-10-11-12-13-14-15-16-20-27(21-17-24(28)29,22-18-25(30)31)23-19-26(32)33/h11-12H,2-10,13-23H2,1H3,(H2-,28,29,30,31,32,33)/p+1/b12-11+. The third-order valence-electron chi connectivity index (χ3n) is 6.29. The number of rotatable bonds is 24. The van der Waals surface area contributed by atoms with Gasteiger partial charge in [0.1, 0.15) is 0 Å². The molecule has 0 amide bonds. The highest BCUT2D eigenvalue weighted by Gasteiger charge is 2.29. The van der Waals surface area contributed by atoms with E-state index in [1.807, 2.05) is 0 Å². The fourth-order valence-corrected chi connectivity index (χ4v) is 4.19. The minimum absolute atomic E-state index is 0.0826. The molecule has 192 valence electrons. The molecule has 0 unspecified atom stereocenters. The Bertz CT molecular complexity index is 515. The Hall–Kier alpha value is -1.89. The summed E-state index contributed by atoms with van der Waals surface area (Å²) in [5, 5.41) is 27.3. The van der Waals surface area contributed by atoms with Crippen LogP contribution in [0.5, 0.6) is 0 Å². The monoisotopic (exact) mass is 470 g/mol. The first-order valence-electron chi connectivity index (χ1n) is 13.0. The largest absolute Gasteiger partial charge is 0.481 e. The second-order valence-corrected chi connectivity index (χ2v) is 9.25. The minimum Gasteiger partial charge on any atom is -0.481 e. The fourth-order valence-electron chi connectivity index (χ4n) is 4.19. The first-order valence-corrected chi connectivity index (χ1v) is 13.0. The quantitative estimate of drug-likeness (QED) is 0.0923. The van der Waals surface area contributed by atoms with E-state index in [9.17, 15) is 14.4 Å². The zero-order chi connectivity index (χ0) is 24.8. The predicted octanol–water partition coefficient (Wildman–Crippen LogP) is 5.87. The lowest BCUT2D eigenvalue weighted by molar-refractivity contribution is -0.927. The van der Waals surface area contributed by atoms with Crippen LogP contribution in [0.25, 0.3) is 0 Å². The van der Waals surface area contributed by atoms with Crippen molar-refractivity contribution in [1.82, 2.24) is 0 Å². The number of unbranched alkanes of at least 4 members (excludes halogenated alkanes) is 11. The van der Waals surface area contributed by atoms with Crippen LogP contribution >= 0.6 is 0 Å². The lowest BCUT2D eigenvalue weighted by Gasteiger charge is -2.38. The molecule has 0 aliphatic carbocycles. The number of hydrogen-bond donors (Lipinski definition) is 3. The number of carboxylic acid groups (broad SMARTS) is 3. The average Bonchev–Trinajstić information content (AvgIpc) is 2.76. The van der Waals surface area contributed by atoms with Crippen LogP contribution < -0.4 is 0 Å². The van der Waals surface area contributed by atoms with E-state index < -0.39 is 17.9 Å². The molecule has 0 bridgehead atoms. The molecule has 7 heteroatoms. The van der Waals surface area contributed by atoms with Crippen LogP contribution in [-0.2, 0) is 14.4 Å². The van der Waals surface area contributed by atoms with Crippen molar-refractivity contribution in [3.8, 4) is 0 Å². The average molecular weight is 471 g/mol. The molecule has 0 aromatic heterocycles. The van der Waals surface area contributed by atoms with Gasteiger partial charge in [-0.15, -0.1) is 0 Å². The van der Waals surface area contributed by atoms with Crippen molar-refractivity contribution in [2.45, 2.75) is 110 Å². The number of allylic oxidation sites excluding steroid dienone is 2. The second kappa shape index (κ2) is 20.7. The van der Waals surface area contributed by atoms with Gasteiger partial charge in [-0.1, -0.05) is 64.0 Å². The summed E-state index contributed by atoms with van der Waals surface area (Å²) in [6, 6.07) is 0. The Morgan fingerprint density at radius 3 is 1.30 bits per heavy atom. The third-order valence-corrected chi connectivity index (χ3v) is 6.29. The van der Waals surface area contributed by atoms with Gasteiger partial charge in [-0.25, -0.2) is 0 Å². The van der Waals surface area contributed by atoms with Crippen molar-refractivity contribution in [3.63, 3.8) is 0 Å². The lowest BCUT2D eigenvalue weighted by atomic mass is 10.1. The number of aliphatic carboxylic acids is 3. The summed E-state index contributed by atoms with van der Waals surface area (Å²) in [6.07, 6.45) is 19.9. The zero-order valence-electron chi connectivity index (χ0n) is 20.8. The summed E-state index contributed by atoms with van der Waals surface area (Å²) in [5.41, 5.74) is 0. The number of hydrogen-bond acceptors (Lipinski definition) is 3. The summed E-state index contributed by atoms with van der Waals surface area (Å²) in [5.74, 6) is -2.82. The number of carboxylic acids is 3. The maximum atomic E-state index is 11.1. The molecule has 33 heavy (non-hydrogen) atoms. The highest BCUT2D eigenvalue weighted by molar-refractivity contribution is 5.67. The van der Waals surface area contributed by atoms with E-state index in [0.717, 1.165) is 32.1 Å². The van der Waals surface area contributed by atoms with Gasteiger partial charge in [0, 0.05) is 0 Å². The Labute approximate surface area is 200 Å². The molecule has 3 N–H and O–H groups in total. The van der Waals surface area contributed by atoms with Crippen LogP contribution in [0, 0.1) is 0 Å². The maximum Gasteiger partial charge on any atom is 0.309 e. The molecule has 0 atom stereocenters. The Morgan fingerprint density at radius 2 is 0.909 bits per heavy atom. The highest BCUT2D eigenvalue weighted by atomic mass is 16.4. The molecule has 0 aliphatic heterocycles. The highest BCUT2D eigenvalue weighted by Crippen LogP contribution is 2.16. The van der Waals surface area contributed by atoms with E-state index in [-0.39, 0.29) is 43.4 Å². The van der Waals surface area contributed by atoms with Crippen molar-refractivity contribution in [2.75, 3.05) is 26.2 Å². The predicted molar refractivity (Wildman–Crippen MR) is 131 cm³/mol. The first kappa shape index (κ1) is 31.1. The Balaban J connectivity index is 4.21. The SMILES string of the molecule is CCCCCCCCCC/C=C/CCCCC[N+](CCC(=O)O)(CCC(=O)O)CCC(=O)O. The van der Waals surface area contributed by atoms with Gasteiger partial charge in [0.2, 0.25) is 0 Å². The van der Waals surface area contributed by atoms with Gasteiger partial charge in [-0.2, -0.15) is 0 Å². The molecule has 0 radical (unpaired) electrons. The van der Waals surface area contributed by atoms with Gasteiger partial charge in [0.25, 0.3) is 0 Å². The van der Waals surface area contributed by atoms with E-state index in [2.05, 4.69) is 19.1 Å². The van der Waals surface area contributed by atoms with Crippen molar-refractivity contribution in [2.24, 2.45) is 0 Å². The van der Waals surface area contributed by atoms with Crippen LogP contribution in [0.15, 0.2) is 12.2 Å². The molecule has 7 nitrogen and oxygen atoms in total. The molecule has 0 rings (SSSR count). The van der Waals surface area contributed by atoms with E-state index in [0.29, 0.717) is 6.54 Å². The molecule has 0 spiro atoms. The van der Waals surface area contributed by atoms with Crippen molar-refractivity contribution in [1.29, 1.82) is 0 Å². The van der Waals surface area contributed by atoms with E-state index >= 15 is 0 Å². The van der Waals surface area contributed by atoms with Crippen molar-refractivity contribution >= 4 is 17.9 Å². The molecule has 0 aromatic rings. The molecule has 0 saturated heterocycles. The van der Waals surface area contributed by atoms with Gasteiger partial charge in [-0.05, 0) is 38.5 Å². The number of quaternary nitrogens is 1. The molecule has 0 saturated carbocycles. The van der Waals surface area contributed by atoms with Gasteiger partial charge < -0.3 is 19.8 Å². The van der Waals surface area contributed by atoms with E-state index in [4.69, 9.17) is 15.3 Å².